The van der Waals surface area contributed by atoms with Gasteiger partial charge in [-0.15, -0.1) is 11.3 Å². The van der Waals surface area contributed by atoms with Crippen LogP contribution in [0.5, 0.6) is 0 Å². The average molecular weight is 273 g/mol. The van der Waals surface area contributed by atoms with E-state index in [-0.39, 0.29) is 6.61 Å². The molecule has 18 heavy (non-hydrogen) atoms. The lowest BCUT2D eigenvalue weighted by atomic mass is 10.4. The molecule has 0 unspecified atom stereocenters. The molecule has 1 aromatic heterocycles. The number of nitrogens with one attached hydrogen (secondary N) is 1. The van der Waals surface area contributed by atoms with Crippen LogP contribution < -0.4 is 5.32 Å². The SMILES string of the molecule is CCCNc1ncc(CN(CCO)CCOC)s1. The fourth-order valence-electron chi connectivity index (χ4n) is 1.55. The fraction of sp³-hybridized carbons (Fsp3) is 0.750. The number of hydrogen-bond donors (Lipinski definition) is 2. The van der Waals surface area contributed by atoms with E-state index < -0.39 is 0 Å². The minimum Gasteiger partial charge on any atom is -0.395 e. The standard InChI is InChI=1S/C12H23N3O2S/c1-3-4-13-12-14-9-11(18-12)10-15(5-7-16)6-8-17-2/h9,16H,3-8,10H2,1-2H3,(H,13,14). The molecule has 5 nitrogen and oxygen atoms in total. The molecule has 0 spiro atoms. The topological polar surface area (TPSA) is 57.6 Å². The van der Waals surface area contributed by atoms with Crippen molar-refractivity contribution in [2.45, 2.75) is 19.9 Å². The van der Waals surface area contributed by atoms with Gasteiger partial charge in [0.05, 0.1) is 13.2 Å². The van der Waals surface area contributed by atoms with Gasteiger partial charge in [-0.2, -0.15) is 0 Å². The number of thiazole rings is 1. The van der Waals surface area contributed by atoms with E-state index in [4.69, 9.17) is 9.84 Å². The number of anilines is 1. The number of aliphatic hydroxyl groups is 1. The van der Waals surface area contributed by atoms with Gasteiger partial charge in [-0.3, -0.25) is 4.90 Å². The molecule has 0 aromatic carbocycles. The molecule has 0 saturated carbocycles. The monoisotopic (exact) mass is 273 g/mol. The summed E-state index contributed by atoms with van der Waals surface area (Å²) < 4.78 is 5.07. The molecule has 0 saturated heterocycles. The first-order valence-electron chi connectivity index (χ1n) is 6.30. The summed E-state index contributed by atoms with van der Waals surface area (Å²) in [5.41, 5.74) is 0. The molecule has 0 bridgehead atoms. The Kier molecular flexibility index (Phi) is 7.91. The summed E-state index contributed by atoms with van der Waals surface area (Å²) in [5.74, 6) is 0. The molecule has 6 heteroatoms. The van der Waals surface area contributed by atoms with E-state index in [1.807, 2.05) is 6.20 Å². The zero-order chi connectivity index (χ0) is 13.2. The molecular weight excluding hydrogens is 250 g/mol. The Morgan fingerprint density at radius 2 is 2.33 bits per heavy atom. The first-order chi connectivity index (χ1) is 8.80. The van der Waals surface area contributed by atoms with Crippen LogP contribution in [0.15, 0.2) is 6.20 Å². The van der Waals surface area contributed by atoms with Crippen LogP contribution in [0.25, 0.3) is 0 Å². The van der Waals surface area contributed by atoms with Gasteiger partial charge in [-0.05, 0) is 6.42 Å². The van der Waals surface area contributed by atoms with Gasteiger partial charge in [-0.25, -0.2) is 4.98 Å². The summed E-state index contributed by atoms with van der Waals surface area (Å²) in [6.07, 6.45) is 3.00. The van der Waals surface area contributed by atoms with Crippen molar-refractivity contribution in [2.24, 2.45) is 0 Å². The number of ether oxygens (including phenoxy) is 1. The summed E-state index contributed by atoms with van der Waals surface area (Å²) in [4.78, 5) is 7.71. The highest BCUT2D eigenvalue weighted by atomic mass is 32.1. The van der Waals surface area contributed by atoms with Gasteiger partial charge in [0.15, 0.2) is 5.13 Å². The van der Waals surface area contributed by atoms with Gasteiger partial charge in [0.25, 0.3) is 0 Å². The molecule has 0 aliphatic rings. The van der Waals surface area contributed by atoms with E-state index in [2.05, 4.69) is 22.1 Å². The lowest BCUT2D eigenvalue weighted by Gasteiger charge is -2.19. The van der Waals surface area contributed by atoms with Crippen molar-refractivity contribution in [3.63, 3.8) is 0 Å². The second-order valence-corrected chi connectivity index (χ2v) is 5.17. The number of methoxy groups -OCH3 is 1. The molecule has 0 aliphatic heterocycles. The largest absolute Gasteiger partial charge is 0.395 e. The van der Waals surface area contributed by atoms with Crippen LogP contribution in [0.3, 0.4) is 0 Å². The number of nitrogens with zero attached hydrogens (tertiary/aromatic N) is 2. The van der Waals surface area contributed by atoms with Crippen LogP contribution in [0.2, 0.25) is 0 Å². The summed E-state index contributed by atoms with van der Waals surface area (Å²) >= 11 is 1.67. The molecule has 1 heterocycles. The van der Waals surface area contributed by atoms with Gasteiger partial charge in [0.1, 0.15) is 0 Å². The van der Waals surface area contributed by atoms with Crippen LogP contribution in [-0.4, -0.2) is 54.9 Å². The molecule has 0 amide bonds. The fourth-order valence-corrected chi connectivity index (χ4v) is 2.43. The molecule has 1 rings (SSSR count). The van der Waals surface area contributed by atoms with Gasteiger partial charge < -0.3 is 15.2 Å². The van der Waals surface area contributed by atoms with E-state index in [0.717, 1.165) is 31.2 Å². The summed E-state index contributed by atoms with van der Waals surface area (Å²) in [5, 5.41) is 13.3. The van der Waals surface area contributed by atoms with Crippen molar-refractivity contribution in [1.82, 2.24) is 9.88 Å². The quantitative estimate of drug-likeness (QED) is 0.675. The number of rotatable bonds is 10. The first kappa shape index (κ1) is 15.4. The Morgan fingerprint density at radius 3 is 3.00 bits per heavy atom. The minimum absolute atomic E-state index is 0.170. The average Bonchev–Trinajstić information content (AvgIpc) is 2.81. The lowest BCUT2D eigenvalue weighted by Crippen LogP contribution is -2.29. The van der Waals surface area contributed by atoms with Crippen LogP contribution in [0.1, 0.15) is 18.2 Å². The molecule has 0 atom stereocenters. The third kappa shape index (κ3) is 5.77. The van der Waals surface area contributed by atoms with Crippen molar-refractivity contribution in [3.8, 4) is 0 Å². The van der Waals surface area contributed by atoms with Gasteiger partial charge in [0, 0.05) is 44.4 Å². The molecule has 104 valence electrons. The third-order valence-electron chi connectivity index (χ3n) is 2.49. The normalized spacial score (nSPS) is 11.1. The van der Waals surface area contributed by atoms with E-state index >= 15 is 0 Å². The van der Waals surface area contributed by atoms with Gasteiger partial charge >= 0.3 is 0 Å². The maximum absolute atomic E-state index is 9.03. The Labute approximate surface area is 113 Å². The van der Waals surface area contributed by atoms with E-state index in [9.17, 15) is 0 Å². The predicted molar refractivity (Wildman–Crippen MR) is 75.1 cm³/mol. The summed E-state index contributed by atoms with van der Waals surface area (Å²) in [6.45, 7) is 6.25. The van der Waals surface area contributed by atoms with Crippen LogP contribution in [0.4, 0.5) is 5.13 Å². The Morgan fingerprint density at radius 1 is 1.50 bits per heavy atom. The molecule has 0 radical (unpaired) electrons. The van der Waals surface area contributed by atoms with Crippen LogP contribution in [0, 0.1) is 0 Å². The maximum atomic E-state index is 9.03. The highest BCUT2D eigenvalue weighted by Crippen LogP contribution is 2.19. The van der Waals surface area contributed by atoms with Crippen molar-refractivity contribution < 1.29 is 9.84 Å². The zero-order valence-corrected chi connectivity index (χ0v) is 12.0. The number of aliphatic hydroxyl groups excluding tert-OH is 1. The first-order valence-corrected chi connectivity index (χ1v) is 7.12. The van der Waals surface area contributed by atoms with Crippen molar-refractivity contribution in [1.29, 1.82) is 0 Å². The molecule has 0 aliphatic carbocycles. The van der Waals surface area contributed by atoms with Gasteiger partial charge in [-0.1, -0.05) is 6.92 Å². The van der Waals surface area contributed by atoms with E-state index in [1.54, 1.807) is 18.4 Å². The Hall–Kier alpha value is -0.690. The zero-order valence-electron chi connectivity index (χ0n) is 11.2. The lowest BCUT2D eigenvalue weighted by molar-refractivity contribution is 0.127. The van der Waals surface area contributed by atoms with Crippen molar-refractivity contribution in [2.75, 3.05) is 45.3 Å². The molecule has 0 fully saturated rings. The number of hydrogen-bond acceptors (Lipinski definition) is 6. The van der Waals surface area contributed by atoms with Gasteiger partial charge in [0.2, 0.25) is 0 Å². The second kappa shape index (κ2) is 9.27. The maximum Gasteiger partial charge on any atom is 0.182 e. The van der Waals surface area contributed by atoms with E-state index in [1.165, 1.54) is 4.88 Å². The highest BCUT2D eigenvalue weighted by Gasteiger charge is 2.08. The van der Waals surface area contributed by atoms with Crippen LogP contribution >= 0.6 is 11.3 Å². The Balaban J connectivity index is 2.43. The van der Waals surface area contributed by atoms with Crippen molar-refractivity contribution >= 4 is 16.5 Å². The van der Waals surface area contributed by atoms with Crippen LogP contribution in [-0.2, 0) is 11.3 Å². The van der Waals surface area contributed by atoms with E-state index in [0.29, 0.717) is 13.2 Å². The summed E-state index contributed by atoms with van der Waals surface area (Å²) in [6, 6.07) is 0. The second-order valence-electron chi connectivity index (χ2n) is 4.05. The minimum atomic E-state index is 0.170. The predicted octanol–water partition coefficient (Wildman–Crippen LogP) is 1.41. The van der Waals surface area contributed by atoms with Crippen molar-refractivity contribution in [3.05, 3.63) is 11.1 Å². The summed E-state index contributed by atoms with van der Waals surface area (Å²) in [7, 11) is 1.69. The molecule has 1 aromatic rings. The third-order valence-corrected chi connectivity index (χ3v) is 3.43. The Bertz CT molecular complexity index is 320. The smallest absolute Gasteiger partial charge is 0.182 e. The number of aromatic nitrogens is 1. The highest BCUT2D eigenvalue weighted by molar-refractivity contribution is 7.15. The molecule has 2 N–H and O–H groups in total. The molecular formula is C12H23N3O2S.